The third-order valence-electron chi connectivity index (χ3n) is 4.55. The standard InChI is InChI=1S/C16H21N3O3/c20-16(17-11-12-5-6-12)13-7-9-18(10-8-13)14-3-1-2-4-15(14)19(21)22/h1-4,12-13H,5-11H2,(H,17,20). The molecule has 1 aliphatic carbocycles. The number of piperidine rings is 1. The predicted molar refractivity (Wildman–Crippen MR) is 83.8 cm³/mol. The molecule has 118 valence electrons. The fraction of sp³-hybridized carbons (Fsp3) is 0.562. The Morgan fingerprint density at radius 2 is 1.91 bits per heavy atom. The van der Waals surface area contributed by atoms with Crippen molar-refractivity contribution in [2.45, 2.75) is 25.7 Å². The van der Waals surface area contributed by atoms with Gasteiger partial charge < -0.3 is 10.2 Å². The number of nitro groups is 1. The first-order valence-electron chi connectivity index (χ1n) is 7.91. The number of nitrogens with one attached hydrogen (secondary N) is 1. The van der Waals surface area contributed by atoms with Crippen LogP contribution in [-0.2, 0) is 4.79 Å². The second kappa shape index (κ2) is 6.34. The average molecular weight is 303 g/mol. The van der Waals surface area contributed by atoms with E-state index >= 15 is 0 Å². The third-order valence-corrected chi connectivity index (χ3v) is 4.55. The van der Waals surface area contributed by atoms with Crippen molar-refractivity contribution < 1.29 is 9.72 Å². The summed E-state index contributed by atoms with van der Waals surface area (Å²) in [7, 11) is 0. The number of rotatable bonds is 5. The first-order valence-corrected chi connectivity index (χ1v) is 7.91. The minimum atomic E-state index is -0.343. The van der Waals surface area contributed by atoms with Crippen LogP contribution in [0, 0.1) is 22.0 Å². The van der Waals surface area contributed by atoms with Gasteiger partial charge in [-0.1, -0.05) is 12.1 Å². The second-order valence-electron chi connectivity index (χ2n) is 6.20. The van der Waals surface area contributed by atoms with E-state index in [0.717, 1.165) is 19.4 Å². The molecule has 22 heavy (non-hydrogen) atoms. The van der Waals surface area contributed by atoms with Crippen LogP contribution in [0.2, 0.25) is 0 Å². The highest BCUT2D eigenvalue weighted by molar-refractivity contribution is 5.79. The number of anilines is 1. The summed E-state index contributed by atoms with van der Waals surface area (Å²) in [5, 5.41) is 14.1. The first-order chi connectivity index (χ1) is 10.6. The molecule has 2 aliphatic rings. The van der Waals surface area contributed by atoms with E-state index in [1.165, 1.54) is 18.9 Å². The maximum Gasteiger partial charge on any atom is 0.292 e. The SMILES string of the molecule is O=C(NCC1CC1)C1CCN(c2ccccc2[N+](=O)[O-])CC1. The summed E-state index contributed by atoms with van der Waals surface area (Å²) in [5.41, 5.74) is 0.795. The normalized spacial score (nSPS) is 19.0. The van der Waals surface area contributed by atoms with Crippen molar-refractivity contribution in [1.29, 1.82) is 0 Å². The molecule has 2 fully saturated rings. The van der Waals surface area contributed by atoms with Crippen molar-refractivity contribution in [3.63, 3.8) is 0 Å². The highest BCUT2D eigenvalue weighted by atomic mass is 16.6. The second-order valence-corrected chi connectivity index (χ2v) is 6.20. The number of carbonyl (C=O) groups is 1. The van der Waals surface area contributed by atoms with Gasteiger partial charge in [0.25, 0.3) is 5.69 Å². The van der Waals surface area contributed by atoms with Crippen molar-refractivity contribution in [2.24, 2.45) is 11.8 Å². The fourth-order valence-corrected chi connectivity index (χ4v) is 2.98. The summed E-state index contributed by atoms with van der Waals surface area (Å²) in [6.45, 7) is 2.18. The number of hydrogen-bond donors (Lipinski definition) is 1. The first kappa shape index (κ1) is 14.8. The number of benzene rings is 1. The van der Waals surface area contributed by atoms with Crippen LogP contribution < -0.4 is 10.2 Å². The Morgan fingerprint density at radius 1 is 1.23 bits per heavy atom. The number of nitro benzene ring substituents is 1. The van der Waals surface area contributed by atoms with E-state index in [1.54, 1.807) is 12.1 Å². The lowest BCUT2D eigenvalue weighted by molar-refractivity contribution is -0.384. The Morgan fingerprint density at radius 3 is 2.55 bits per heavy atom. The predicted octanol–water partition coefficient (Wildman–Crippen LogP) is 2.34. The highest BCUT2D eigenvalue weighted by Gasteiger charge is 2.29. The number of hydrogen-bond acceptors (Lipinski definition) is 4. The van der Waals surface area contributed by atoms with Gasteiger partial charge in [-0.3, -0.25) is 14.9 Å². The lowest BCUT2D eigenvalue weighted by Gasteiger charge is -2.32. The summed E-state index contributed by atoms with van der Waals surface area (Å²) in [6.07, 6.45) is 3.97. The molecule has 0 spiro atoms. The minimum absolute atomic E-state index is 0.0396. The van der Waals surface area contributed by atoms with E-state index < -0.39 is 0 Å². The zero-order valence-corrected chi connectivity index (χ0v) is 12.5. The zero-order valence-electron chi connectivity index (χ0n) is 12.5. The molecule has 1 amide bonds. The van der Waals surface area contributed by atoms with Gasteiger partial charge >= 0.3 is 0 Å². The van der Waals surface area contributed by atoms with Crippen LogP contribution in [0.3, 0.4) is 0 Å². The summed E-state index contributed by atoms with van der Waals surface area (Å²) >= 11 is 0. The molecule has 0 atom stereocenters. The van der Waals surface area contributed by atoms with Crippen LogP contribution in [0.1, 0.15) is 25.7 Å². The van der Waals surface area contributed by atoms with Crippen molar-refractivity contribution in [2.75, 3.05) is 24.5 Å². The van der Waals surface area contributed by atoms with Crippen molar-refractivity contribution in [1.82, 2.24) is 5.32 Å². The van der Waals surface area contributed by atoms with E-state index in [0.29, 0.717) is 24.7 Å². The molecule has 0 unspecified atom stereocenters. The van der Waals surface area contributed by atoms with Crippen molar-refractivity contribution in [3.8, 4) is 0 Å². The van der Waals surface area contributed by atoms with Crippen LogP contribution >= 0.6 is 0 Å². The smallest absolute Gasteiger partial charge is 0.292 e. The molecule has 0 aromatic heterocycles. The molecule has 1 aromatic carbocycles. The van der Waals surface area contributed by atoms with E-state index in [-0.39, 0.29) is 22.4 Å². The molecule has 1 saturated carbocycles. The Kier molecular flexibility index (Phi) is 4.27. The van der Waals surface area contributed by atoms with Crippen LogP contribution in [-0.4, -0.2) is 30.5 Å². The molecule has 1 aromatic rings. The van der Waals surface area contributed by atoms with E-state index in [2.05, 4.69) is 5.32 Å². The van der Waals surface area contributed by atoms with Gasteiger partial charge in [-0.15, -0.1) is 0 Å². The molecule has 0 radical (unpaired) electrons. The third kappa shape index (κ3) is 3.37. The quantitative estimate of drug-likeness (QED) is 0.669. The topological polar surface area (TPSA) is 75.5 Å². The van der Waals surface area contributed by atoms with E-state index in [4.69, 9.17) is 0 Å². The molecule has 6 nitrogen and oxygen atoms in total. The number of carbonyl (C=O) groups excluding carboxylic acids is 1. The van der Waals surface area contributed by atoms with Crippen molar-refractivity contribution >= 4 is 17.3 Å². The Balaban J connectivity index is 1.57. The lowest BCUT2D eigenvalue weighted by Crippen LogP contribution is -2.41. The molecule has 3 rings (SSSR count). The molecular formula is C16H21N3O3. The largest absolute Gasteiger partial charge is 0.366 e. The fourth-order valence-electron chi connectivity index (χ4n) is 2.98. The molecule has 1 aliphatic heterocycles. The minimum Gasteiger partial charge on any atom is -0.366 e. The van der Waals surface area contributed by atoms with Crippen LogP contribution in [0.25, 0.3) is 0 Å². The molecule has 1 saturated heterocycles. The molecule has 1 N–H and O–H groups in total. The zero-order chi connectivity index (χ0) is 15.5. The average Bonchev–Trinajstić information content (AvgIpc) is 3.37. The number of amides is 1. The Labute approximate surface area is 129 Å². The number of para-hydroxylation sites is 2. The van der Waals surface area contributed by atoms with Gasteiger partial charge in [0, 0.05) is 31.6 Å². The van der Waals surface area contributed by atoms with Gasteiger partial charge in [-0.25, -0.2) is 0 Å². The summed E-state index contributed by atoms with van der Waals surface area (Å²) in [4.78, 5) is 24.9. The van der Waals surface area contributed by atoms with Crippen LogP contribution in [0.15, 0.2) is 24.3 Å². The Hall–Kier alpha value is -2.11. The molecular weight excluding hydrogens is 282 g/mol. The maximum absolute atomic E-state index is 12.1. The van der Waals surface area contributed by atoms with Crippen molar-refractivity contribution in [3.05, 3.63) is 34.4 Å². The molecule has 1 heterocycles. The monoisotopic (exact) mass is 303 g/mol. The Bertz CT molecular complexity index is 564. The van der Waals surface area contributed by atoms with Gasteiger partial charge in [0.2, 0.25) is 5.91 Å². The van der Waals surface area contributed by atoms with E-state index in [1.807, 2.05) is 11.0 Å². The lowest BCUT2D eigenvalue weighted by atomic mass is 9.95. The van der Waals surface area contributed by atoms with Crippen LogP contribution in [0.4, 0.5) is 11.4 Å². The summed E-state index contributed by atoms with van der Waals surface area (Å²) in [6, 6.07) is 6.81. The van der Waals surface area contributed by atoms with Gasteiger partial charge in [-0.05, 0) is 37.7 Å². The molecule has 0 bridgehead atoms. The summed E-state index contributed by atoms with van der Waals surface area (Å²) in [5.74, 6) is 0.878. The van der Waals surface area contributed by atoms with E-state index in [9.17, 15) is 14.9 Å². The van der Waals surface area contributed by atoms with Gasteiger partial charge in [0.15, 0.2) is 0 Å². The summed E-state index contributed by atoms with van der Waals surface area (Å²) < 4.78 is 0. The highest BCUT2D eigenvalue weighted by Crippen LogP contribution is 2.31. The van der Waals surface area contributed by atoms with Gasteiger partial charge in [0.05, 0.1) is 4.92 Å². The maximum atomic E-state index is 12.1. The van der Waals surface area contributed by atoms with Crippen LogP contribution in [0.5, 0.6) is 0 Å². The number of nitrogens with zero attached hydrogens (tertiary/aromatic N) is 2. The van der Waals surface area contributed by atoms with Gasteiger partial charge in [0.1, 0.15) is 5.69 Å². The molecule has 6 heteroatoms. The van der Waals surface area contributed by atoms with Gasteiger partial charge in [-0.2, -0.15) is 0 Å².